The molecule has 0 aromatic heterocycles. The second kappa shape index (κ2) is 5.23. The molecule has 2 aliphatic heterocycles. The Bertz CT molecular complexity index is 541. The van der Waals surface area contributed by atoms with Crippen molar-refractivity contribution < 1.29 is 24.1 Å². The molecule has 3 atom stereocenters. The first-order valence-electron chi connectivity index (χ1n) is 6.24. The van der Waals surface area contributed by atoms with Crippen LogP contribution in [0.25, 0.3) is 0 Å². The summed E-state index contributed by atoms with van der Waals surface area (Å²) in [5, 5.41) is 19.6. The van der Waals surface area contributed by atoms with Crippen LogP contribution in [0.1, 0.15) is 11.7 Å². The van der Waals surface area contributed by atoms with Gasteiger partial charge in [-0.1, -0.05) is 0 Å². The standard InChI is InChI=1S/C13H14FNO4S/c14-7-1-2-11-8(3-7)12(16)9(4-19-11)15-6-20-5-10(15)13(17)18/h1-3,9-10,12,16H,4-6H2,(H,17,18). The van der Waals surface area contributed by atoms with E-state index in [1.54, 1.807) is 4.90 Å². The van der Waals surface area contributed by atoms with Crippen molar-refractivity contribution in [1.82, 2.24) is 4.90 Å². The number of hydrogen-bond donors (Lipinski definition) is 2. The average Bonchev–Trinajstić information content (AvgIpc) is 2.89. The number of carbonyl (C=O) groups is 1. The first-order chi connectivity index (χ1) is 9.58. The largest absolute Gasteiger partial charge is 0.491 e. The number of aliphatic hydroxyl groups is 1. The van der Waals surface area contributed by atoms with Gasteiger partial charge in [0.25, 0.3) is 0 Å². The molecule has 2 heterocycles. The van der Waals surface area contributed by atoms with Crippen molar-refractivity contribution in [1.29, 1.82) is 0 Å². The quantitative estimate of drug-likeness (QED) is 0.851. The number of nitrogens with zero attached hydrogens (tertiary/aromatic N) is 1. The molecule has 0 aliphatic carbocycles. The molecule has 20 heavy (non-hydrogen) atoms. The van der Waals surface area contributed by atoms with Crippen LogP contribution in [0.4, 0.5) is 4.39 Å². The summed E-state index contributed by atoms with van der Waals surface area (Å²) in [6.07, 6.45) is -0.949. The molecule has 3 rings (SSSR count). The number of carboxylic acid groups (broad SMARTS) is 1. The smallest absolute Gasteiger partial charge is 0.321 e. The van der Waals surface area contributed by atoms with Crippen molar-refractivity contribution in [2.75, 3.05) is 18.2 Å². The summed E-state index contributed by atoms with van der Waals surface area (Å²) < 4.78 is 18.8. The molecule has 1 fully saturated rings. The van der Waals surface area contributed by atoms with Gasteiger partial charge in [-0.15, -0.1) is 11.8 Å². The molecule has 5 nitrogen and oxygen atoms in total. The zero-order chi connectivity index (χ0) is 14.3. The van der Waals surface area contributed by atoms with Gasteiger partial charge in [0, 0.05) is 17.2 Å². The summed E-state index contributed by atoms with van der Waals surface area (Å²) in [5.41, 5.74) is 0.377. The SMILES string of the molecule is O=C(O)C1CSCN1C1COc2ccc(F)cc2C1O. The maximum Gasteiger partial charge on any atom is 0.321 e. The van der Waals surface area contributed by atoms with Crippen molar-refractivity contribution in [3.05, 3.63) is 29.6 Å². The number of hydrogen-bond acceptors (Lipinski definition) is 5. The Morgan fingerprint density at radius 3 is 3.05 bits per heavy atom. The summed E-state index contributed by atoms with van der Waals surface area (Å²) in [4.78, 5) is 12.9. The molecule has 0 bridgehead atoms. The molecule has 1 aromatic carbocycles. The van der Waals surface area contributed by atoms with Crippen molar-refractivity contribution in [3.63, 3.8) is 0 Å². The van der Waals surface area contributed by atoms with Gasteiger partial charge in [0.2, 0.25) is 0 Å². The number of fused-ring (bicyclic) bond motifs is 1. The lowest BCUT2D eigenvalue weighted by atomic mass is 9.97. The van der Waals surface area contributed by atoms with Crippen LogP contribution in [0, 0.1) is 5.82 Å². The topological polar surface area (TPSA) is 70.0 Å². The molecular weight excluding hydrogens is 285 g/mol. The predicted octanol–water partition coefficient (Wildman–Crippen LogP) is 1.08. The van der Waals surface area contributed by atoms with Crippen LogP contribution in [-0.4, -0.2) is 51.4 Å². The highest BCUT2D eigenvalue weighted by Crippen LogP contribution is 2.37. The molecule has 0 spiro atoms. The monoisotopic (exact) mass is 299 g/mol. The average molecular weight is 299 g/mol. The number of aliphatic carboxylic acids is 1. The van der Waals surface area contributed by atoms with Gasteiger partial charge < -0.3 is 14.9 Å². The molecule has 108 valence electrons. The van der Waals surface area contributed by atoms with E-state index in [1.807, 2.05) is 0 Å². The second-order valence-electron chi connectivity index (χ2n) is 4.87. The number of carboxylic acids is 1. The fourth-order valence-corrected chi connectivity index (χ4v) is 3.87. The van der Waals surface area contributed by atoms with Gasteiger partial charge in [-0.2, -0.15) is 0 Å². The molecule has 7 heteroatoms. The molecule has 2 aliphatic rings. The van der Waals surface area contributed by atoms with Gasteiger partial charge in [0.15, 0.2) is 0 Å². The lowest BCUT2D eigenvalue weighted by Gasteiger charge is -2.37. The van der Waals surface area contributed by atoms with Crippen molar-refractivity contribution in [3.8, 4) is 5.75 Å². The second-order valence-corrected chi connectivity index (χ2v) is 5.87. The summed E-state index contributed by atoms with van der Waals surface area (Å²) >= 11 is 1.50. The number of aliphatic hydroxyl groups excluding tert-OH is 1. The fraction of sp³-hybridized carbons (Fsp3) is 0.462. The first-order valence-corrected chi connectivity index (χ1v) is 7.40. The fourth-order valence-electron chi connectivity index (χ4n) is 2.63. The van der Waals surface area contributed by atoms with Crippen LogP contribution in [-0.2, 0) is 4.79 Å². The van der Waals surface area contributed by atoms with E-state index in [4.69, 9.17) is 4.74 Å². The molecule has 0 radical (unpaired) electrons. The molecule has 1 saturated heterocycles. The zero-order valence-corrected chi connectivity index (χ0v) is 11.3. The number of halogens is 1. The normalized spacial score (nSPS) is 29.8. The zero-order valence-electron chi connectivity index (χ0n) is 10.5. The number of rotatable bonds is 2. The highest BCUT2D eigenvalue weighted by atomic mass is 32.2. The van der Waals surface area contributed by atoms with Gasteiger partial charge in [0.1, 0.15) is 30.3 Å². The Morgan fingerprint density at radius 2 is 2.30 bits per heavy atom. The van der Waals surface area contributed by atoms with Crippen molar-refractivity contribution >= 4 is 17.7 Å². The third-order valence-corrected chi connectivity index (χ3v) is 4.72. The first kappa shape index (κ1) is 13.7. The molecule has 0 saturated carbocycles. The van der Waals surface area contributed by atoms with E-state index in [-0.39, 0.29) is 6.61 Å². The van der Waals surface area contributed by atoms with Gasteiger partial charge in [-0.3, -0.25) is 9.69 Å². The predicted molar refractivity (Wildman–Crippen MR) is 71.2 cm³/mol. The summed E-state index contributed by atoms with van der Waals surface area (Å²) in [6, 6.07) is 2.89. The maximum atomic E-state index is 13.3. The minimum absolute atomic E-state index is 0.199. The van der Waals surface area contributed by atoms with Crippen LogP contribution in [0.15, 0.2) is 18.2 Å². The Morgan fingerprint density at radius 1 is 1.50 bits per heavy atom. The van der Waals surface area contributed by atoms with E-state index >= 15 is 0 Å². The van der Waals surface area contributed by atoms with Crippen molar-refractivity contribution in [2.45, 2.75) is 18.2 Å². The summed E-state index contributed by atoms with van der Waals surface area (Å²) in [7, 11) is 0. The number of benzene rings is 1. The highest BCUT2D eigenvalue weighted by molar-refractivity contribution is 7.99. The molecule has 0 amide bonds. The van der Waals surface area contributed by atoms with Crippen LogP contribution in [0.3, 0.4) is 0 Å². The van der Waals surface area contributed by atoms with E-state index < -0.39 is 30.0 Å². The van der Waals surface area contributed by atoms with Gasteiger partial charge in [-0.05, 0) is 18.2 Å². The summed E-state index contributed by atoms with van der Waals surface area (Å²) in [5.74, 6) is 0.0973. The lowest BCUT2D eigenvalue weighted by molar-refractivity contribution is -0.144. The van der Waals surface area contributed by atoms with Gasteiger partial charge in [-0.25, -0.2) is 4.39 Å². The highest BCUT2D eigenvalue weighted by Gasteiger charge is 2.42. The van der Waals surface area contributed by atoms with Gasteiger partial charge >= 0.3 is 5.97 Å². The Hall–Kier alpha value is -1.31. The summed E-state index contributed by atoms with van der Waals surface area (Å²) in [6.45, 7) is 0.199. The lowest BCUT2D eigenvalue weighted by Crippen LogP contribution is -2.51. The molecule has 2 N–H and O–H groups in total. The third kappa shape index (κ3) is 2.25. The maximum absolute atomic E-state index is 13.3. The van der Waals surface area contributed by atoms with Crippen LogP contribution in [0.2, 0.25) is 0 Å². The van der Waals surface area contributed by atoms with E-state index in [2.05, 4.69) is 0 Å². The molecular formula is C13H14FNO4S. The Labute approximate surface area is 119 Å². The van der Waals surface area contributed by atoms with Crippen LogP contribution < -0.4 is 4.74 Å². The number of thioether (sulfide) groups is 1. The van der Waals surface area contributed by atoms with Crippen molar-refractivity contribution in [2.24, 2.45) is 0 Å². The Balaban J connectivity index is 1.88. The molecule has 3 unspecified atom stereocenters. The van der Waals surface area contributed by atoms with Gasteiger partial charge in [0.05, 0.1) is 6.04 Å². The van der Waals surface area contributed by atoms with E-state index in [9.17, 15) is 19.4 Å². The number of ether oxygens (including phenoxy) is 1. The van der Waals surface area contributed by atoms with E-state index in [0.717, 1.165) is 0 Å². The van der Waals surface area contributed by atoms with Crippen LogP contribution in [0.5, 0.6) is 5.75 Å². The molecule has 1 aromatic rings. The van der Waals surface area contributed by atoms with Crippen LogP contribution >= 0.6 is 11.8 Å². The third-order valence-electron chi connectivity index (χ3n) is 3.69. The Kier molecular flexibility index (Phi) is 3.57. The minimum Gasteiger partial charge on any atom is -0.491 e. The van der Waals surface area contributed by atoms with E-state index in [1.165, 1.54) is 30.0 Å². The van der Waals surface area contributed by atoms with E-state index in [0.29, 0.717) is 22.9 Å². The minimum atomic E-state index is -0.949.